The lowest BCUT2D eigenvalue weighted by Crippen LogP contribution is -2.04. The van der Waals surface area contributed by atoms with Crippen molar-refractivity contribution >= 4 is 33.5 Å². The molecular formula is C11H11BrClN3. The summed E-state index contributed by atoms with van der Waals surface area (Å²) in [5.74, 6) is 0.830. The number of rotatable bonds is 3. The molecule has 0 aliphatic carbocycles. The highest BCUT2D eigenvalue weighted by Gasteiger charge is 2.05. The van der Waals surface area contributed by atoms with E-state index >= 15 is 0 Å². The van der Waals surface area contributed by atoms with E-state index < -0.39 is 0 Å². The first-order valence-corrected chi connectivity index (χ1v) is 6.12. The molecule has 0 unspecified atom stereocenters. The number of hydrogen-bond donors (Lipinski definition) is 1. The average molecular weight is 301 g/mol. The standard InChI is InChI=1S/C11H11BrClN3/c1-2-14-11-15-5-6-16(11)8-3-4-10(13)9(12)7-8/h3-7H,2H2,1H3,(H,14,15). The Kier molecular flexibility index (Phi) is 3.51. The van der Waals surface area contributed by atoms with E-state index in [0.717, 1.165) is 22.7 Å². The fourth-order valence-electron chi connectivity index (χ4n) is 1.44. The van der Waals surface area contributed by atoms with Crippen molar-refractivity contribution in [3.8, 4) is 5.69 Å². The van der Waals surface area contributed by atoms with Crippen LogP contribution in [0.25, 0.3) is 5.69 Å². The molecule has 16 heavy (non-hydrogen) atoms. The van der Waals surface area contributed by atoms with Crippen molar-refractivity contribution in [2.45, 2.75) is 6.92 Å². The number of benzene rings is 1. The van der Waals surface area contributed by atoms with Gasteiger partial charge in [-0.15, -0.1) is 0 Å². The lowest BCUT2D eigenvalue weighted by molar-refractivity contribution is 1.02. The van der Waals surface area contributed by atoms with Gasteiger partial charge in [0.15, 0.2) is 0 Å². The van der Waals surface area contributed by atoms with Crippen LogP contribution in [0.1, 0.15) is 6.92 Å². The molecule has 2 aromatic rings. The number of hydrogen-bond acceptors (Lipinski definition) is 2. The first-order chi connectivity index (χ1) is 7.72. The highest BCUT2D eigenvalue weighted by atomic mass is 79.9. The average Bonchev–Trinajstić information content (AvgIpc) is 2.71. The minimum atomic E-state index is 0.703. The Bertz CT molecular complexity index is 496. The van der Waals surface area contributed by atoms with Crippen LogP contribution in [0.3, 0.4) is 0 Å². The Morgan fingerprint density at radius 3 is 3.00 bits per heavy atom. The molecule has 0 spiro atoms. The Balaban J connectivity index is 2.42. The van der Waals surface area contributed by atoms with Gasteiger partial charge in [-0.1, -0.05) is 11.6 Å². The topological polar surface area (TPSA) is 29.9 Å². The first kappa shape index (κ1) is 11.5. The molecule has 1 aromatic heterocycles. The SMILES string of the molecule is CCNc1nccn1-c1ccc(Cl)c(Br)c1. The predicted octanol–water partition coefficient (Wildman–Crippen LogP) is 3.72. The van der Waals surface area contributed by atoms with Crippen LogP contribution in [0, 0.1) is 0 Å². The zero-order chi connectivity index (χ0) is 11.5. The smallest absolute Gasteiger partial charge is 0.207 e. The molecule has 0 amide bonds. The summed E-state index contributed by atoms with van der Waals surface area (Å²) in [6.45, 7) is 2.88. The van der Waals surface area contributed by atoms with Gasteiger partial charge < -0.3 is 5.32 Å². The van der Waals surface area contributed by atoms with Gasteiger partial charge in [0.2, 0.25) is 5.95 Å². The van der Waals surface area contributed by atoms with Crippen molar-refractivity contribution in [3.05, 3.63) is 40.1 Å². The highest BCUT2D eigenvalue weighted by molar-refractivity contribution is 9.10. The fraction of sp³-hybridized carbons (Fsp3) is 0.182. The van der Waals surface area contributed by atoms with E-state index in [-0.39, 0.29) is 0 Å². The van der Waals surface area contributed by atoms with Gasteiger partial charge in [-0.2, -0.15) is 0 Å². The lowest BCUT2D eigenvalue weighted by Gasteiger charge is -2.09. The summed E-state index contributed by atoms with van der Waals surface area (Å²) in [6, 6.07) is 5.77. The van der Waals surface area contributed by atoms with Gasteiger partial charge in [-0.05, 0) is 41.1 Å². The summed E-state index contributed by atoms with van der Waals surface area (Å²) in [6.07, 6.45) is 3.67. The molecule has 84 valence electrons. The van der Waals surface area contributed by atoms with Crippen LogP contribution < -0.4 is 5.32 Å². The summed E-state index contributed by atoms with van der Waals surface area (Å²) in [5.41, 5.74) is 1.02. The molecule has 1 aromatic carbocycles. The van der Waals surface area contributed by atoms with Crippen LogP contribution in [0.2, 0.25) is 5.02 Å². The number of halogens is 2. The Labute approximate surface area is 108 Å². The van der Waals surface area contributed by atoms with Crippen molar-refractivity contribution < 1.29 is 0 Å². The molecule has 0 fully saturated rings. The van der Waals surface area contributed by atoms with Gasteiger partial charge in [0.25, 0.3) is 0 Å². The van der Waals surface area contributed by atoms with Crippen LogP contribution in [0.15, 0.2) is 35.1 Å². The second-order valence-corrected chi connectivity index (χ2v) is 4.51. The van der Waals surface area contributed by atoms with Gasteiger partial charge in [-0.3, -0.25) is 4.57 Å². The van der Waals surface area contributed by atoms with E-state index in [9.17, 15) is 0 Å². The second kappa shape index (κ2) is 4.89. The summed E-state index contributed by atoms with van der Waals surface area (Å²) in [4.78, 5) is 4.24. The van der Waals surface area contributed by atoms with E-state index in [1.807, 2.05) is 35.9 Å². The highest BCUT2D eigenvalue weighted by Crippen LogP contribution is 2.26. The molecule has 0 aliphatic heterocycles. The molecule has 3 nitrogen and oxygen atoms in total. The van der Waals surface area contributed by atoms with Crippen molar-refractivity contribution in [1.82, 2.24) is 9.55 Å². The van der Waals surface area contributed by atoms with E-state index in [4.69, 9.17) is 11.6 Å². The van der Waals surface area contributed by atoms with Crippen LogP contribution >= 0.6 is 27.5 Å². The third-order valence-electron chi connectivity index (χ3n) is 2.16. The third-order valence-corrected chi connectivity index (χ3v) is 3.37. The maximum atomic E-state index is 5.96. The number of imidazole rings is 1. The molecule has 0 radical (unpaired) electrons. The molecule has 0 aliphatic rings. The van der Waals surface area contributed by atoms with Crippen LogP contribution in [0.4, 0.5) is 5.95 Å². The van der Waals surface area contributed by atoms with Gasteiger partial charge in [0, 0.05) is 29.1 Å². The number of anilines is 1. The number of nitrogens with one attached hydrogen (secondary N) is 1. The zero-order valence-electron chi connectivity index (χ0n) is 8.74. The molecule has 0 atom stereocenters. The predicted molar refractivity (Wildman–Crippen MR) is 70.4 cm³/mol. The molecule has 0 saturated carbocycles. The third kappa shape index (κ3) is 2.23. The number of nitrogens with zero attached hydrogens (tertiary/aromatic N) is 2. The molecule has 5 heteroatoms. The van der Waals surface area contributed by atoms with Gasteiger partial charge in [-0.25, -0.2) is 4.98 Å². The lowest BCUT2D eigenvalue weighted by atomic mass is 10.3. The molecule has 1 N–H and O–H groups in total. The quantitative estimate of drug-likeness (QED) is 0.936. The fourth-order valence-corrected chi connectivity index (χ4v) is 1.92. The summed E-state index contributed by atoms with van der Waals surface area (Å²) >= 11 is 9.36. The summed E-state index contributed by atoms with van der Waals surface area (Å²) in [5, 5.41) is 3.89. The van der Waals surface area contributed by atoms with E-state index in [1.165, 1.54) is 0 Å². The molecule has 0 saturated heterocycles. The minimum absolute atomic E-state index is 0.703. The zero-order valence-corrected chi connectivity index (χ0v) is 11.1. The van der Waals surface area contributed by atoms with Gasteiger partial charge in [0.05, 0.1) is 5.02 Å². The monoisotopic (exact) mass is 299 g/mol. The van der Waals surface area contributed by atoms with Crippen molar-refractivity contribution in [3.63, 3.8) is 0 Å². The maximum Gasteiger partial charge on any atom is 0.207 e. The van der Waals surface area contributed by atoms with Crippen LogP contribution in [0.5, 0.6) is 0 Å². The summed E-state index contributed by atoms with van der Waals surface area (Å²) in [7, 11) is 0. The largest absolute Gasteiger partial charge is 0.356 e. The molecule has 0 bridgehead atoms. The molecule has 2 rings (SSSR count). The van der Waals surface area contributed by atoms with E-state index in [1.54, 1.807) is 6.20 Å². The minimum Gasteiger partial charge on any atom is -0.356 e. The van der Waals surface area contributed by atoms with Crippen molar-refractivity contribution in [2.24, 2.45) is 0 Å². The van der Waals surface area contributed by atoms with E-state index in [2.05, 4.69) is 26.2 Å². The Morgan fingerprint density at radius 2 is 2.31 bits per heavy atom. The molecule has 1 heterocycles. The normalized spacial score (nSPS) is 10.4. The number of aromatic nitrogens is 2. The van der Waals surface area contributed by atoms with Crippen LogP contribution in [-0.2, 0) is 0 Å². The van der Waals surface area contributed by atoms with E-state index in [0.29, 0.717) is 5.02 Å². The Morgan fingerprint density at radius 1 is 1.50 bits per heavy atom. The van der Waals surface area contributed by atoms with Crippen LogP contribution in [-0.4, -0.2) is 16.1 Å². The maximum absolute atomic E-state index is 5.96. The first-order valence-electron chi connectivity index (χ1n) is 4.95. The van der Waals surface area contributed by atoms with Crippen molar-refractivity contribution in [1.29, 1.82) is 0 Å². The second-order valence-electron chi connectivity index (χ2n) is 3.25. The van der Waals surface area contributed by atoms with Gasteiger partial charge in [0.1, 0.15) is 0 Å². The van der Waals surface area contributed by atoms with Gasteiger partial charge >= 0.3 is 0 Å². The Hall–Kier alpha value is -1.000. The summed E-state index contributed by atoms with van der Waals surface area (Å²) < 4.78 is 2.85. The van der Waals surface area contributed by atoms with Crippen molar-refractivity contribution in [2.75, 3.05) is 11.9 Å². The molecular weight excluding hydrogens is 289 g/mol.